The lowest BCUT2D eigenvalue weighted by molar-refractivity contribution is 0.111. The van der Waals surface area contributed by atoms with Crippen molar-refractivity contribution in [2.45, 2.75) is 136 Å². The van der Waals surface area contributed by atoms with E-state index in [1.54, 1.807) is 6.07 Å². The number of fused-ring (bicyclic) bond motifs is 3. The van der Waals surface area contributed by atoms with Gasteiger partial charge in [-0.05, 0) is 91.2 Å². The highest BCUT2D eigenvalue weighted by Gasteiger charge is 2.21. The van der Waals surface area contributed by atoms with Gasteiger partial charge in [0.15, 0.2) is 0 Å². The second-order valence-corrected chi connectivity index (χ2v) is 11.6. The fourth-order valence-electron chi connectivity index (χ4n) is 6.19. The first kappa shape index (κ1) is 30.0. The molecule has 0 saturated carbocycles. The number of aliphatic hydroxyl groups is 1. The molecule has 1 atom stereocenters. The van der Waals surface area contributed by atoms with Crippen molar-refractivity contribution in [3.8, 4) is 5.75 Å². The Morgan fingerprint density at radius 3 is 1.89 bits per heavy atom. The molecule has 37 heavy (non-hydrogen) atoms. The van der Waals surface area contributed by atoms with E-state index in [1.165, 1.54) is 119 Å². The lowest BCUT2D eigenvalue weighted by atomic mass is 9.84. The molecule has 0 bridgehead atoms. The number of nitrogens with zero attached hydrogens (tertiary/aromatic N) is 1. The third kappa shape index (κ3) is 9.91. The zero-order chi connectivity index (χ0) is 26.3. The first-order valence-corrected chi connectivity index (χ1v) is 15.8. The molecule has 0 amide bonds. The Balaban J connectivity index is 1.64. The van der Waals surface area contributed by atoms with Gasteiger partial charge in [-0.2, -0.15) is 0 Å². The van der Waals surface area contributed by atoms with Gasteiger partial charge in [-0.1, -0.05) is 103 Å². The molecule has 0 spiro atoms. The quantitative estimate of drug-likeness (QED) is 0.185. The topological polar surface area (TPSA) is 43.7 Å². The first-order chi connectivity index (χ1) is 18.1. The molecule has 2 aromatic carbocycles. The van der Waals surface area contributed by atoms with Crippen molar-refractivity contribution in [2.24, 2.45) is 0 Å². The van der Waals surface area contributed by atoms with Crippen LogP contribution in [0, 0.1) is 0 Å². The van der Waals surface area contributed by atoms with E-state index in [-0.39, 0.29) is 0 Å². The molecule has 1 aliphatic carbocycles. The maximum Gasteiger partial charge on any atom is 0.116 e. The van der Waals surface area contributed by atoms with Crippen molar-refractivity contribution in [1.29, 1.82) is 0 Å². The summed E-state index contributed by atoms with van der Waals surface area (Å²) in [7, 11) is 0. The van der Waals surface area contributed by atoms with Gasteiger partial charge >= 0.3 is 0 Å². The van der Waals surface area contributed by atoms with Crippen LogP contribution in [0.3, 0.4) is 0 Å². The molecule has 3 rings (SSSR count). The normalized spacial score (nSPS) is 14.4. The fraction of sp³-hybridized carbons (Fsp3) is 0.706. The summed E-state index contributed by atoms with van der Waals surface area (Å²) in [5.74, 6) is 0.291. The van der Waals surface area contributed by atoms with Crippen LogP contribution in [0.1, 0.15) is 139 Å². The lowest BCUT2D eigenvalue weighted by Gasteiger charge is -2.28. The number of aryl methyl sites for hydroxylation is 2. The standard InChI is InChI=1S/C34H55NO2/c1-3-5-7-9-11-13-17-23-35(24-18-14-12-10-8-6-4-2)27-34(37)33-25-28-19-15-16-20-30(28)31-22-21-29(36)26-32(31)33/h21-22,25-26,34,36-37H,3-20,23-24,27H2,1-2H3. The number of hydrogen-bond donors (Lipinski definition) is 2. The number of unbranched alkanes of at least 4 members (excludes halogenated alkanes) is 12. The van der Waals surface area contributed by atoms with Gasteiger partial charge in [0, 0.05) is 6.54 Å². The molecular formula is C34H55NO2. The Morgan fingerprint density at radius 1 is 0.703 bits per heavy atom. The van der Waals surface area contributed by atoms with E-state index < -0.39 is 6.10 Å². The van der Waals surface area contributed by atoms with E-state index in [9.17, 15) is 10.2 Å². The van der Waals surface area contributed by atoms with Gasteiger partial charge in [0.25, 0.3) is 0 Å². The molecule has 0 aromatic heterocycles. The summed E-state index contributed by atoms with van der Waals surface area (Å²) in [6, 6.07) is 8.01. The largest absolute Gasteiger partial charge is 0.508 e. The Morgan fingerprint density at radius 2 is 1.27 bits per heavy atom. The van der Waals surface area contributed by atoms with E-state index in [1.807, 2.05) is 6.07 Å². The molecule has 0 fully saturated rings. The second kappa shape index (κ2) is 17.1. The zero-order valence-electron chi connectivity index (χ0n) is 24.1. The van der Waals surface area contributed by atoms with Crippen LogP contribution in [0.4, 0.5) is 0 Å². The number of phenols is 1. The minimum absolute atomic E-state index is 0.291. The van der Waals surface area contributed by atoms with Crippen LogP contribution < -0.4 is 0 Å². The van der Waals surface area contributed by atoms with Crippen molar-refractivity contribution in [3.63, 3.8) is 0 Å². The first-order valence-electron chi connectivity index (χ1n) is 15.8. The van der Waals surface area contributed by atoms with Gasteiger partial charge in [0.2, 0.25) is 0 Å². The van der Waals surface area contributed by atoms with Crippen molar-refractivity contribution < 1.29 is 10.2 Å². The highest BCUT2D eigenvalue weighted by atomic mass is 16.3. The highest BCUT2D eigenvalue weighted by Crippen LogP contribution is 2.36. The third-order valence-electron chi connectivity index (χ3n) is 8.43. The lowest BCUT2D eigenvalue weighted by Crippen LogP contribution is -2.31. The number of benzene rings is 2. The minimum Gasteiger partial charge on any atom is -0.508 e. The summed E-state index contributed by atoms with van der Waals surface area (Å²) >= 11 is 0. The van der Waals surface area contributed by atoms with Crippen molar-refractivity contribution in [3.05, 3.63) is 41.0 Å². The van der Waals surface area contributed by atoms with Crippen LogP contribution >= 0.6 is 0 Å². The predicted molar refractivity (Wildman–Crippen MR) is 160 cm³/mol. The summed E-state index contributed by atoms with van der Waals surface area (Å²) in [4.78, 5) is 2.52. The Labute approximate surface area is 227 Å². The average Bonchev–Trinajstić information content (AvgIpc) is 2.91. The fourth-order valence-corrected chi connectivity index (χ4v) is 6.19. The highest BCUT2D eigenvalue weighted by molar-refractivity contribution is 5.91. The van der Waals surface area contributed by atoms with Crippen molar-refractivity contribution in [1.82, 2.24) is 4.90 Å². The van der Waals surface area contributed by atoms with Gasteiger partial charge in [-0.3, -0.25) is 0 Å². The molecule has 1 unspecified atom stereocenters. The van der Waals surface area contributed by atoms with Gasteiger partial charge < -0.3 is 15.1 Å². The molecule has 0 radical (unpaired) electrons. The van der Waals surface area contributed by atoms with Gasteiger partial charge in [-0.25, -0.2) is 0 Å². The third-order valence-corrected chi connectivity index (χ3v) is 8.43. The second-order valence-electron chi connectivity index (χ2n) is 11.6. The predicted octanol–water partition coefficient (Wildman–Crippen LogP) is 9.26. The molecule has 0 saturated heterocycles. The van der Waals surface area contributed by atoms with Gasteiger partial charge in [-0.15, -0.1) is 0 Å². The van der Waals surface area contributed by atoms with E-state index in [4.69, 9.17) is 0 Å². The number of aromatic hydroxyl groups is 1. The minimum atomic E-state index is -0.523. The molecule has 0 aliphatic heterocycles. The molecule has 2 aromatic rings. The maximum absolute atomic E-state index is 11.6. The Hall–Kier alpha value is -1.58. The van der Waals surface area contributed by atoms with Crippen molar-refractivity contribution >= 4 is 10.8 Å². The number of rotatable bonds is 19. The molecule has 3 heteroatoms. The summed E-state index contributed by atoms with van der Waals surface area (Å²) in [6.45, 7) is 7.40. The zero-order valence-corrected chi connectivity index (χ0v) is 24.1. The Bertz CT molecular complexity index is 890. The van der Waals surface area contributed by atoms with E-state index in [2.05, 4.69) is 30.9 Å². The van der Waals surface area contributed by atoms with E-state index >= 15 is 0 Å². The summed E-state index contributed by atoms with van der Waals surface area (Å²) in [5, 5.41) is 24.1. The van der Waals surface area contributed by atoms with Gasteiger partial charge in [0.05, 0.1) is 6.10 Å². The summed E-state index contributed by atoms with van der Waals surface area (Å²) < 4.78 is 0. The van der Waals surface area contributed by atoms with Crippen LogP contribution in [0.15, 0.2) is 24.3 Å². The maximum atomic E-state index is 11.6. The molecule has 3 nitrogen and oxygen atoms in total. The van der Waals surface area contributed by atoms with Gasteiger partial charge in [0.1, 0.15) is 5.75 Å². The van der Waals surface area contributed by atoms with E-state index in [0.717, 1.165) is 36.9 Å². The number of hydrogen-bond acceptors (Lipinski definition) is 3. The molecule has 0 heterocycles. The Kier molecular flexibility index (Phi) is 13.8. The monoisotopic (exact) mass is 509 g/mol. The van der Waals surface area contributed by atoms with E-state index in [0.29, 0.717) is 12.3 Å². The summed E-state index contributed by atoms with van der Waals surface area (Å²) in [6.07, 6.45) is 22.7. The molecule has 2 N–H and O–H groups in total. The van der Waals surface area contributed by atoms with Crippen molar-refractivity contribution in [2.75, 3.05) is 19.6 Å². The SMILES string of the molecule is CCCCCCCCCN(CCCCCCCCC)CC(O)c1cc2c(c3ccc(O)cc13)CCCC2. The van der Waals surface area contributed by atoms with Crippen LogP contribution in [0.25, 0.3) is 10.8 Å². The van der Waals surface area contributed by atoms with Crippen LogP contribution in [0.5, 0.6) is 5.75 Å². The molecule has 1 aliphatic rings. The molecule has 208 valence electrons. The molecular weight excluding hydrogens is 454 g/mol. The number of phenolic OH excluding ortho intramolecular Hbond substituents is 1. The van der Waals surface area contributed by atoms with Crippen LogP contribution in [0.2, 0.25) is 0 Å². The number of aliphatic hydroxyl groups excluding tert-OH is 1. The smallest absolute Gasteiger partial charge is 0.116 e. The average molecular weight is 510 g/mol. The van der Waals surface area contributed by atoms with Crippen LogP contribution in [-0.4, -0.2) is 34.7 Å². The van der Waals surface area contributed by atoms with Crippen LogP contribution in [-0.2, 0) is 12.8 Å². The summed E-state index contributed by atoms with van der Waals surface area (Å²) in [5.41, 5.74) is 3.85.